The van der Waals surface area contributed by atoms with E-state index in [4.69, 9.17) is 4.42 Å². The van der Waals surface area contributed by atoms with Crippen molar-refractivity contribution in [3.8, 4) is 11.1 Å². The first-order chi connectivity index (χ1) is 22.8. The van der Waals surface area contributed by atoms with Crippen LogP contribution in [-0.4, -0.2) is 0 Å². The Morgan fingerprint density at radius 1 is 0.413 bits per heavy atom. The van der Waals surface area contributed by atoms with Crippen LogP contribution < -0.4 is 0 Å². The van der Waals surface area contributed by atoms with Crippen LogP contribution in [0.4, 0.5) is 0 Å². The van der Waals surface area contributed by atoms with Gasteiger partial charge in [0.05, 0.1) is 0 Å². The summed E-state index contributed by atoms with van der Waals surface area (Å²) in [5, 5.41) is 17.9. The van der Waals surface area contributed by atoms with Crippen LogP contribution in [0.2, 0.25) is 0 Å². The maximum atomic E-state index is 6.44. The normalized spacial score (nSPS) is 12.2. The Kier molecular flexibility index (Phi) is 5.39. The third-order valence-corrected chi connectivity index (χ3v) is 10.1. The van der Waals surface area contributed by atoms with E-state index in [2.05, 4.69) is 146 Å². The molecule has 10 aromatic rings. The molecule has 1 aromatic heterocycles. The summed E-state index contributed by atoms with van der Waals surface area (Å²) in [7, 11) is 0. The second-order valence-electron chi connectivity index (χ2n) is 12.7. The molecule has 0 N–H and O–H groups in total. The molecule has 0 bridgehead atoms. The lowest BCUT2D eigenvalue weighted by Crippen LogP contribution is -1.91. The maximum absolute atomic E-state index is 6.44. The molecule has 0 radical (unpaired) electrons. The van der Waals surface area contributed by atoms with Crippen molar-refractivity contribution in [2.75, 3.05) is 0 Å². The Labute approximate surface area is 266 Å². The van der Waals surface area contributed by atoms with Gasteiger partial charge in [-0.1, -0.05) is 129 Å². The number of furan rings is 1. The summed E-state index contributed by atoms with van der Waals surface area (Å²) in [4.78, 5) is 0. The van der Waals surface area contributed by atoms with Gasteiger partial charge in [-0.25, -0.2) is 0 Å². The van der Waals surface area contributed by atoms with E-state index in [0.29, 0.717) is 0 Å². The Morgan fingerprint density at radius 2 is 0.978 bits per heavy atom. The second-order valence-corrected chi connectivity index (χ2v) is 12.7. The Morgan fingerprint density at radius 3 is 1.74 bits per heavy atom. The summed E-state index contributed by atoms with van der Waals surface area (Å²) in [6.07, 6.45) is 2.21. The van der Waals surface area contributed by atoms with E-state index in [-0.39, 0.29) is 0 Å². The van der Waals surface area contributed by atoms with Crippen molar-refractivity contribution in [3.63, 3.8) is 0 Å². The molecule has 10 rings (SSSR count). The van der Waals surface area contributed by atoms with Crippen molar-refractivity contribution in [3.05, 3.63) is 145 Å². The third kappa shape index (κ3) is 3.57. The summed E-state index contributed by atoms with van der Waals surface area (Å²) in [5.74, 6) is 0. The molecule has 1 heterocycles. The summed E-state index contributed by atoms with van der Waals surface area (Å²) < 4.78 is 6.44. The molecular weight excluding hydrogens is 556 g/mol. The fraction of sp³-hybridized carbons (Fsp3) is 0.0667. The predicted octanol–water partition coefficient (Wildman–Crippen LogP) is 13.1. The average molecular weight is 587 g/mol. The fourth-order valence-corrected chi connectivity index (χ4v) is 8.03. The maximum Gasteiger partial charge on any atom is 0.143 e. The van der Waals surface area contributed by atoms with Gasteiger partial charge in [-0.05, 0) is 107 Å². The smallest absolute Gasteiger partial charge is 0.143 e. The molecule has 1 nitrogen and oxygen atoms in total. The number of hydrogen-bond acceptors (Lipinski definition) is 1. The van der Waals surface area contributed by atoms with Crippen molar-refractivity contribution >= 4 is 86.6 Å². The van der Waals surface area contributed by atoms with Gasteiger partial charge < -0.3 is 4.42 Å². The van der Waals surface area contributed by atoms with Crippen molar-refractivity contribution in [1.29, 1.82) is 0 Å². The van der Waals surface area contributed by atoms with Gasteiger partial charge >= 0.3 is 0 Å². The van der Waals surface area contributed by atoms with Crippen LogP contribution in [0.3, 0.4) is 0 Å². The minimum atomic E-state index is 0.925. The highest BCUT2D eigenvalue weighted by atomic mass is 16.3. The van der Waals surface area contributed by atoms with E-state index in [9.17, 15) is 0 Å². The Bertz CT molecular complexity index is 2870. The first kappa shape index (κ1) is 25.6. The molecule has 0 fully saturated rings. The van der Waals surface area contributed by atoms with Gasteiger partial charge in [0.25, 0.3) is 0 Å². The van der Waals surface area contributed by atoms with Gasteiger partial charge in [0.1, 0.15) is 11.2 Å². The van der Waals surface area contributed by atoms with Crippen LogP contribution in [0.1, 0.15) is 18.9 Å². The Balaban J connectivity index is 1.30. The quantitative estimate of drug-likeness (QED) is 0.188. The lowest BCUT2D eigenvalue weighted by molar-refractivity contribution is 0.672. The molecule has 216 valence electrons. The molecule has 0 saturated heterocycles. The van der Waals surface area contributed by atoms with Crippen molar-refractivity contribution in [2.45, 2.75) is 19.8 Å². The number of benzene rings is 9. The van der Waals surface area contributed by atoms with E-state index in [0.717, 1.165) is 40.2 Å². The molecule has 0 saturated carbocycles. The molecule has 0 aliphatic heterocycles. The van der Waals surface area contributed by atoms with Crippen molar-refractivity contribution in [2.24, 2.45) is 0 Å². The van der Waals surface area contributed by atoms with Crippen LogP contribution in [0, 0.1) is 0 Å². The minimum Gasteiger partial charge on any atom is -0.455 e. The monoisotopic (exact) mass is 586 g/mol. The third-order valence-electron chi connectivity index (χ3n) is 10.1. The number of aryl methyl sites for hydroxylation is 1. The van der Waals surface area contributed by atoms with Gasteiger partial charge in [-0.2, -0.15) is 0 Å². The average Bonchev–Trinajstić information content (AvgIpc) is 3.50. The molecule has 0 amide bonds. The highest BCUT2D eigenvalue weighted by Crippen LogP contribution is 2.45. The van der Waals surface area contributed by atoms with Crippen LogP contribution in [0.25, 0.3) is 97.7 Å². The van der Waals surface area contributed by atoms with Gasteiger partial charge in [-0.3, -0.25) is 0 Å². The van der Waals surface area contributed by atoms with Crippen LogP contribution in [-0.2, 0) is 6.42 Å². The van der Waals surface area contributed by atoms with E-state index < -0.39 is 0 Å². The van der Waals surface area contributed by atoms with Gasteiger partial charge in [0.15, 0.2) is 0 Å². The number of fused-ring (bicyclic) bond motifs is 16. The topological polar surface area (TPSA) is 13.1 Å². The molecule has 9 aromatic carbocycles. The van der Waals surface area contributed by atoms with Gasteiger partial charge in [-0.15, -0.1) is 0 Å². The molecule has 0 aliphatic rings. The van der Waals surface area contributed by atoms with E-state index in [1.165, 1.54) is 75.9 Å². The fourth-order valence-electron chi connectivity index (χ4n) is 8.03. The Hall–Kier alpha value is -5.66. The van der Waals surface area contributed by atoms with E-state index >= 15 is 0 Å². The minimum absolute atomic E-state index is 0.925. The molecule has 0 unspecified atom stereocenters. The highest BCUT2D eigenvalue weighted by Gasteiger charge is 2.17. The zero-order valence-corrected chi connectivity index (χ0v) is 25.6. The first-order valence-electron chi connectivity index (χ1n) is 16.3. The predicted molar refractivity (Wildman–Crippen MR) is 198 cm³/mol. The van der Waals surface area contributed by atoms with Crippen LogP contribution >= 0.6 is 0 Å². The molecule has 0 aliphatic carbocycles. The number of rotatable bonds is 3. The van der Waals surface area contributed by atoms with E-state index in [1.54, 1.807) is 0 Å². The zero-order valence-electron chi connectivity index (χ0n) is 25.6. The molecule has 1 heteroatoms. The van der Waals surface area contributed by atoms with Gasteiger partial charge in [0, 0.05) is 16.2 Å². The van der Waals surface area contributed by atoms with Crippen LogP contribution in [0.15, 0.2) is 144 Å². The largest absolute Gasteiger partial charge is 0.455 e. The SMILES string of the molecule is CCCc1ccc2c3cc(-c4ccc5oc6c7ccccc7ccc6c5c4)ccc3c3c4ccccc4c4ccccc4c3c2c1. The summed E-state index contributed by atoms with van der Waals surface area (Å²) in [6.45, 7) is 2.26. The second kappa shape index (κ2) is 9.67. The summed E-state index contributed by atoms with van der Waals surface area (Å²) >= 11 is 0. The molecular formula is C45H30O. The van der Waals surface area contributed by atoms with E-state index in [1.807, 2.05) is 0 Å². The molecule has 46 heavy (non-hydrogen) atoms. The summed E-state index contributed by atoms with van der Waals surface area (Å²) in [6, 6.07) is 51.7. The molecule has 0 atom stereocenters. The first-order valence-corrected chi connectivity index (χ1v) is 16.3. The van der Waals surface area contributed by atoms with Crippen molar-refractivity contribution in [1.82, 2.24) is 0 Å². The van der Waals surface area contributed by atoms with Crippen molar-refractivity contribution < 1.29 is 4.42 Å². The highest BCUT2D eigenvalue weighted by molar-refractivity contribution is 6.39. The molecule has 0 spiro atoms. The summed E-state index contributed by atoms with van der Waals surface area (Å²) in [5.41, 5.74) is 5.70. The lowest BCUT2D eigenvalue weighted by Gasteiger charge is -2.18. The number of hydrogen-bond donors (Lipinski definition) is 0. The standard InChI is InChI=1S/C45H30O/c1-2-9-27-16-20-34-39-25-29(30-19-23-42-40(26-30)38-22-17-28-10-3-4-11-31(28)45(38)46-42)18-21-37(39)43-35-14-7-5-12-32(35)33-13-6-8-15-36(33)44(43)41(34)24-27/h3-8,10-26H,2,9H2,1H3. The zero-order chi connectivity index (χ0) is 30.4. The van der Waals surface area contributed by atoms with Crippen LogP contribution in [0.5, 0.6) is 0 Å². The van der Waals surface area contributed by atoms with Gasteiger partial charge in [0.2, 0.25) is 0 Å². The lowest BCUT2D eigenvalue weighted by atomic mass is 9.85.